The summed E-state index contributed by atoms with van der Waals surface area (Å²) in [7, 11) is 1.12. The van der Waals surface area contributed by atoms with E-state index >= 15 is 0 Å². The predicted octanol–water partition coefficient (Wildman–Crippen LogP) is 0.850. The van der Waals surface area contributed by atoms with Crippen LogP contribution in [-0.4, -0.2) is 32.5 Å². The van der Waals surface area contributed by atoms with Crippen molar-refractivity contribution >= 4 is 22.4 Å². The first kappa shape index (κ1) is 12.7. The monoisotopic (exact) mass is 249 g/mol. The Balaban J connectivity index is 2.47. The van der Waals surface area contributed by atoms with Crippen LogP contribution in [0.3, 0.4) is 0 Å². The van der Waals surface area contributed by atoms with Gasteiger partial charge >= 0.3 is 0 Å². The van der Waals surface area contributed by atoms with Crippen molar-refractivity contribution in [1.29, 1.82) is 0 Å². The summed E-state index contributed by atoms with van der Waals surface area (Å²) in [5.74, 6) is 0.661. The van der Waals surface area contributed by atoms with Crippen molar-refractivity contribution in [3.8, 4) is 0 Å². The summed E-state index contributed by atoms with van der Waals surface area (Å²) in [5.41, 5.74) is 1.81. The molecule has 0 radical (unpaired) electrons. The van der Waals surface area contributed by atoms with Crippen LogP contribution in [0.4, 0.5) is 0 Å². The Kier molecular flexibility index (Phi) is 4.76. The molecule has 0 fully saturated rings. The fraction of sp³-hybridized carbons (Fsp3) is 0.667. The maximum Gasteiger partial charge on any atom is 0.0860 e. The third-order valence-electron chi connectivity index (χ3n) is 2.12. The minimum Gasteiger partial charge on any atom is -0.310 e. The molecule has 1 unspecified atom stereocenters. The van der Waals surface area contributed by atoms with E-state index in [4.69, 9.17) is 11.6 Å². The Morgan fingerprint density at radius 3 is 2.73 bits per heavy atom. The zero-order valence-electron chi connectivity index (χ0n) is 9.21. The van der Waals surface area contributed by atoms with E-state index in [2.05, 4.69) is 10.4 Å². The van der Waals surface area contributed by atoms with Crippen LogP contribution in [-0.2, 0) is 24.4 Å². The molecule has 0 saturated carbocycles. The van der Waals surface area contributed by atoms with Crippen LogP contribution >= 0.6 is 11.6 Å². The Bertz CT molecular complexity index is 364. The van der Waals surface area contributed by atoms with Crippen molar-refractivity contribution in [2.75, 3.05) is 18.6 Å². The first-order chi connectivity index (χ1) is 7.02. The molecule has 1 atom stereocenters. The van der Waals surface area contributed by atoms with Crippen LogP contribution in [0.25, 0.3) is 0 Å². The summed E-state index contributed by atoms with van der Waals surface area (Å²) in [6.45, 7) is 3.27. The highest BCUT2D eigenvalue weighted by Gasteiger charge is 2.09. The van der Waals surface area contributed by atoms with Gasteiger partial charge in [0.1, 0.15) is 0 Å². The highest BCUT2D eigenvalue weighted by molar-refractivity contribution is 7.84. The van der Waals surface area contributed by atoms with Crippen LogP contribution in [0.2, 0.25) is 5.02 Å². The number of aryl methyl sites for hydroxylation is 2. The van der Waals surface area contributed by atoms with Crippen molar-refractivity contribution in [2.45, 2.75) is 13.5 Å². The second-order valence-corrected chi connectivity index (χ2v) is 5.36. The maximum absolute atomic E-state index is 10.8. The van der Waals surface area contributed by atoms with E-state index < -0.39 is 10.8 Å². The lowest BCUT2D eigenvalue weighted by molar-refractivity contribution is 0.637. The molecule has 0 aliphatic heterocycles. The van der Waals surface area contributed by atoms with Crippen molar-refractivity contribution in [3.63, 3.8) is 0 Å². The minimum atomic E-state index is -0.747. The number of halogens is 1. The standard InChI is InChI=1S/C9H16ClN3OS/c1-7-9(10)8(13(2)12-7)6-11-4-5-15(3)14/h11H,4-6H2,1-3H3. The van der Waals surface area contributed by atoms with Gasteiger partial charge in [-0.05, 0) is 6.92 Å². The molecule has 1 aromatic rings. The quantitative estimate of drug-likeness (QED) is 0.787. The largest absolute Gasteiger partial charge is 0.310 e. The van der Waals surface area contributed by atoms with Crippen molar-refractivity contribution in [2.24, 2.45) is 7.05 Å². The molecule has 1 heterocycles. The van der Waals surface area contributed by atoms with E-state index in [1.54, 1.807) is 10.9 Å². The Morgan fingerprint density at radius 2 is 2.27 bits per heavy atom. The summed E-state index contributed by atoms with van der Waals surface area (Å²) in [6, 6.07) is 0. The number of hydrogen-bond donors (Lipinski definition) is 1. The van der Waals surface area contributed by atoms with Gasteiger partial charge < -0.3 is 5.32 Å². The summed E-state index contributed by atoms with van der Waals surface area (Å²) in [5, 5.41) is 8.11. The van der Waals surface area contributed by atoms with Gasteiger partial charge in [-0.3, -0.25) is 8.89 Å². The molecule has 0 aromatic carbocycles. The van der Waals surface area contributed by atoms with Crippen molar-refractivity contribution in [1.82, 2.24) is 15.1 Å². The molecular formula is C9H16ClN3OS. The van der Waals surface area contributed by atoms with Gasteiger partial charge in [0.15, 0.2) is 0 Å². The SMILES string of the molecule is Cc1nn(C)c(CNCCS(C)=O)c1Cl. The number of rotatable bonds is 5. The van der Waals surface area contributed by atoms with E-state index in [9.17, 15) is 4.21 Å². The van der Waals surface area contributed by atoms with Crippen LogP contribution in [0, 0.1) is 6.92 Å². The maximum atomic E-state index is 10.8. The Labute approximate surface area is 97.5 Å². The van der Waals surface area contributed by atoms with Crippen molar-refractivity contribution in [3.05, 3.63) is 16.4 Å². The van der Waals surface area contributed by atoms with Gasteiger partial charge in [-0.1, -0.05) is 11.6 Å². The smallest absolute Gasteiger partial charge is 0.0860 e. The second kappa shape index (κ2) is 5.63. The minimum absolute atomic E-state index is 0.660. The number of nitrogens with one attached hydrogen (secondary N) is 1. The molecule has 0 amide bonds. The molecule has 1 N–H and O–H groups in total. The molecule has 0 bridgehead atoms. The van der Waals surface area contributed by atoms with Gasteiger partial charge in [-0.2, -0.15) is 5.10 Å². The fourth-order valence-electron chi connectivity index (χ4n) is 1.29. The first-order valence-corrected chi connectivity index (χ1v) is 6.81. The molecule has 0 spiro atoms. The summed E-state index contributed by atoms with van der Waals surface area (Å²) in [6.07, 6.45) is 1.70. The molecule has 1 aromatic heterocycles. The molecule has 4 nitrogen and oxygen atoms in total. The highest BCUT2D eigenvalue weighted by atomic mass is 35.5. The van der Waals surface area contributed by atoms with Gasteiger partial charge in [-0.25, -0.2) is 0 Å². The van der Waals surface area contributed by atoms with E-state index in [0.29, 0.717) is 17.3 Å². The normalized spacial score (nSPS) is 13.1. The molecule has 0 aliphatic rings. The number of hydrogen-bond acceptors (Lipinski definition) is 3. The van der Waals surface area contributed by atoms with Crippen molar-refractivity contribution < 1.29 is 4.21 Å². The lowest BCUT2D eigenvalue weighted by Crippen LogP contribution is -2.21. The molecule has 0 aliphatic carbocycles. The summed E-state index contributed by atoms with van der Waals surface area (Å²) >= 11 is 6.07. The van der Waals surface area contributed by atoms with Gasteiger partial charge in [0, 0.05) is 42.9 Å². The number of nitrogens with zero attached hydrogens (tertiary/aromatic N) is 2. The predicted molar refractivity (Wildman–Crippen MR) is 63.6 cm³/mol. The van der Waals surface area contributed by atoms with E-state index in [0.717, 1.165) is 17.9 Å². The third-order valence-corrected chi connectivity index (χ3v) is 3.39. The van der Waals surface area contributed by atoms with Crippen LogP contribution < -0.4 is 5.32 Å². The molecule has 6 heteroatoms. The van der Waals surface area contributed by atoms with Crippen LogP contribution in [0.5, 0.6) is 0 Å². The topological polar surface area (TPSA) is 46.9 Å². The Hall–Kier alpha value is -0.390. The van der Waals surface area contributed by atoms with Gasteiger partial charge in [0.2, 0.25) is 0 Å². The third kappa shape index (κ3) is 3.59. The van der Waals surface area contributed by atoms with Gasteiger partial charge in [0.05, 0.1) is 16.4 Å². The van der Waals surface area contributed by atoms with E-state index in [-0.39, 0.29) is 0 Å². The lowest BCUT2D eigenvalue weighted by atomic mass is 10.3. The van der Waals surface area contributed by atoms with Crippen LogP contribution in [0.15, 0.2) is 0 Å². The average Bonchev–Trinajstić information content (AvgIpc) is 2.37. The summed E-state index contributed by atoms with van der Waals surface area (Å²) < 4.78 is 12.6. The van der Waals surface area contributed by atoms with Gasteiger partial charge in [-0.15, -0.1) is 0 Å². The molecule has 15 heavy (non-hydrogen) atoms. The highest BCUT2D eigenvalue weighted by Crippen LogP contribution is 2.18. The molecule has 0 saturated heterocycles. The molecular weight excluding hydrogens is 234 g/mol. The van der Waals surface area contributed by atoms with Crippen LogP contribution in [0.1, 0.15) is 11.4 Å². The van der Waals surface area contributed by atoms with E-state index in [1.165, 1.54) is 0 Å². The molecule has 1 rings (SSSR count). The van der Waals surface area contributed by atoms with E-state index in [1.807, 2.05) is 14.0 Å². The number of aromatic nitrogens is 2. The molecule has 86 valence electrons. The second-order valence-electron chi connectivity index (χ2n) is 3.42. The van der Waals surface area contributed by atoms with Gasteiger partial charge in [0.25, 0.3) is 0 Å². The fourth-order valence-corrected chi connectivity index (χ4v) is 1.95. The average molecular weight is 250 g/mol. The summed E-state index contributed by atoms with van der Waals surface area (Å²) in [4.78, 5) is 0. The lowest BCUT2D eigenvalue weighted by Gasteiger charge is -2.04. The zero-order valence-corrected chi connectivity index (χ0v) is 10.8. The Morgan fingerprint density at radius 1 is 1.60 bits per heavy atom. The zero-order chi connectivity index (χ0) is 11.4. The first-order valence-electron chi connectivity index (χ1n) is 4.71.